The van der Waals surface area contributed by atoms with Crippen LogP contribution in [0, 0.1) is 5.92 Å². The molecule has 1 aliphatic rings. The minimum Gasteiger partial charge on any atom is -0.295 e. The van der Waals surface area contributed by atoms with Gasteiger partial charge in [-0.3, -0.25) is 14.4 Å². The number of piperidine rings is 1. The second kappa shape index (κ2) is 7.88. The number of nitrogens with one attached hydrogen (secondary N) is 1. The van der Waals surface area contributed by atoms with Gasteiger partial charge in [-0.2, -0.15) is 13.2 Å². The lowest BCUT2D eigenvalue weighted by Gasteiger charge is -2.31. The van der Waals surface area contributed by atoms with Crippen molar-refractivity contribution in [1.29, 1.82) is 0 Å². The van der Waals surface area contributed by atoms with Crippen LogP contribution in [0.2, 0.25) is 5.15 Å². The maximum absolute atomic E-state index is 12.3. The van der Waals surface area contributed by atoms with Gasteiger partial charge in [0, 0.05) is 12.1 Å². The highest BCUT2D eigenvalue weighted by molar-refractivity contribution is 7.89. The molecule has 0 unspecified atom stereocenters. The first-order valence-electron chi connectivity index (χ1n) is 7.48. The van der Waals surface area contributed by atoms with Crippen molar-refractivity contribution in [2.24, 2.45) is 5.92 Å². The van der Waals surface area contributed by atoms with Crippen molar-refractivity contribution in [3.63, 3.8) is 0 Å². The molecule has 1 aliphatic heterocycles. The summed E-state index contributed by atoms with van der Waals surface area (Å²) in [6.07, 6.45) is -2.63. The quantitative estimate of drug-likeness (QED) is 0.766. The number of hydrogen-bond acceptors (Lipinski definition) is 5. The van der Waals surface area contributed by atoms with Crippen LogP contribution in [0.25, 0.3) is 0 Å². The largest absolute Gasteiger partial charge is 0.401 e. The zero-order chi connectivity index (χ0) is 18.7. The summed E-state index contributed by atoms with van der Waals surface area (Å²) in [7, 11) is -3.91. The van der Waals surface area contributed by atoms with E-state index < -0.39 is 40.3 Å². The van der Waals surface area contributed by atoms with Crippen LogP contribution >= 0.6 is 11.6 Å². The van der Waals surface area contributed by atoms with E-state index in [1.807, 2.05) is 4.72 Å². The van der Waals surface area contributed by atoms with Gasteiger partial charge in [0.15, 0.2) is 0 Å². The zero-order valence-corrected chi connectivity index (χ0v) is 14.7. The van der Waals surface area contributed by atoms with Crippen LogP contribution in [0.15, 0.2) is 18.3 Å². The van der Waals surface area contributed by atoms with E-state index in [2.05, 4.69) is 4.98 Å². The molecule has 0 aromatic carbocycles. The van der Waals surface area contributed by atoms with Crippen molar-refractivity contribution in [2.75, 3.05) is 19.6 Å². The third kappa shape index (κ3) is 6.79. The van der Waals surface area contributed by atoms with Gasteiger partial charge in [-0.05, 0) is 37.6 Å². The van der Waals surface area contributed by atoms with E-state index in [9.17, 15) is 26.4 Å². The number of sulfonamides is 1. The van der Waals surface area contributed by atoms with Gasteiger partial charge in [0.25, 0.3) is 0 Å². The average molecular weight is 400 g/mol. The second-order valence-electron chi connectivity index (χ2n) is 5.88. The monoisotopic (exact) mass is 399 g/mol. The zero-order valence-electron chi connectivity index (χ0n) is 13.1. The fraction of sp³-hybridized carbons (Fsp3) is 0.571. The van der Waals surface area contributed by atoms with Gasteiger partial charge in [-0.15, -0.1) is 0 Å². The van der Waals surface area contributed by atoms with E-state index in [1.54, 1.807) is 0 Å². The van der Waals surface area contributed by atoms with Gasteiger partial charge in [0.2, 0.25) is 15.9 Å². The first-order chi connectivity index (χ1) is 11.5. The van der Waals surface area contributed by atoms with Crippen molar-refractivity contribution >= 4 is 27.5 Å². The number of hydrogen-bond donors (Lipinski definition) is 1. The molecule has 140 valence electrons. The lowest BCUT2D eigenvalue weighted by atomic mass is 9.96. The molecule has 1 aromatic heterocycles. The predicted molar refractivity (Wildman–Crippen MR) is 85.2 cm³/mol. The van der Waals surface area contributed by atoms with Crippen LogP contribution in [-0.2, 0) is 20.6 Å². The fourth-order valence-electron chi connectivity index (χ4n) is 2.59. The Balaban J connectivity index is 1.86. The molecule has 0 radical (unpaired) electrons. The summed E-state index contributed by atoms with van der Waals surface area (Å²) >= 11 is 5.62. The second-order valence-corrected chi connectivity index (χ2v) is 7.99. The minimum absolute atomic E-state index is 0.0960. The maximum atomic E-state index is 12.3. The number of carbonyl (C=O) groups excluding carboxylic acids is 1. The Morgan fingerprint density at radius 1 is 1.32 bits per heavy atom. The number of amides is 1. The average Bonchev–Trinajstić information content (AvgIpc) is 2.48. The van der Waals surface area contributed by atoms with Gasteiger partial charge in [-0.25, -0.2) is 13.4 Å². The molecular formula is C14H17ClF3N3O3S. The molecular weight excluding hydrogens is 383 g/mol. The Labute approximate surface area is 148 Å². The Morgan fingerprint density at radius 3 is 2.48 bits per heavy atom. The van der Waals surface area contributed by atoms with E-state index in [1.165, 1.54) is 23.2 Å². The molecule has 0 bridgehead atoms. The van der Waals surface area contributed by atoms with Crippen LogP contribution in [-0.4, -0.2) is 50.0 Å². The number of likely N-dealkylation sites (tertiary alicyclic amines) is 1. The van der Waals surface area contributed by atoms with E-state index in [0.717, 1.165) is 0 Å². The molecule has 0 aliphatic carbocycles. The van der Waals surface area contributed by atoms with Crippen LogP contribution in [0.3, 0.4) is 0 Å². The standard InChI is InChI=1S/C14H17ClF3N3O3S/c15-12-2-1-10(7-19-12)8-25(23,24)20-13(22)11-3-5-21(6-4-11)9-14(16,17)18/h1-2,7,11H,3-6,8-9H2,(H,20,22). The van der Waals surface area contributed by atoms with E-state index >= 15 is 0 Å². The molecule has 1 fully saturated rings. The smallest absolute Gasteiger partial charge is 0.295 e. The minimum atomic E-state index is -4.29. The molecule has 0 atom stereocenters. The number of halogens is 4. The molecule has 1 N–H and O–H groups in total. The Bertz CT molecular complexity index is 702. The summed E-state index contributed by atoms with van der Waals surface area (Å²) < 4.78 is 63.1. The summed E-state index contributed by atoms with van der Waals surface area (Å²) in [5.41, 5.74) is 0.365. The summed E-state index contributed by atoms with van der Waals surface area (Å²) in [5, 5.41) is 0.218. The van der Waals surface area contributed by atoms with Crippen LogP contribution < -0.4 is 4.72 Å². The Hall–Kier alpha value is -1.39. The van der Waals surface area contributed by atoms with Gasteiger partial charge in [0.05, 0.1) is 12.3 Å². The fourth-order valence-corrected chi connectivity index (χ4v) is 3.86. The van der Waals surface area contributed by atoms with E-state index in [-0.39, 0.29) is 31.1 Å². The lowest BCUT2D eigenvalue weighted by Crippen LogP contribution is -2.45. The molecule has 2 heterocycles. The Kier molecular flexibility index (Phi) is 6.28. The summed E-state index contributed by atoms with van der Waals surface area (Å²) in [4.78, 5) is 17.0. The highest BCUT2D eigenvalue weighted by atomic mass is 35.5. The number of carbonyl (C=O) groups is 1. The van der Waals surface area contributed by atoms with Gasteiger partial charge < -0.3 is 0 Å². The first kappa shape index (κ1) is 19.9. The maximum Gasteiger partial charge on any atom is 0.401 e. The summed E-state index contributed by atoms with van der Waals surface area (Å²) in [6, 6.07) is 2.92. The van der Waals surface area contributed by atoms with Crippen LogP contribution in [0.4, 0.5) is 13.2 Å². The SMILES string of the molecule is O=C(NS(=O)(=O)Cc1ccc(Cl)nc1)C1CCN(CC(F)(F)F)CC1. The molecule has 11 heteroatoms. The molecule has 6 nitrogen and oxygen atoms in total. The topological polar surface area (TPSA) is 79.4 Å². The van der Waals surface area contributed by atoms with Crippen LogP contribution in [0.5, 0.6) is 0 Å². The lowest BCUT2D eigenvalue weighted by molar-refractivity contribution is -0.149. The number of rotatable bonds is 5. The summed E-state index contributed by atoms with van der Waals surface area (Å²) in [5.74, 6) is -1.74. The molecule has 1 aromatic rings. The van der Waals surface area contributed by atoms with Crippen LogP contribution in [0.1, 0.15) is 18.4 Å². The normalized spacial score (nSPS) is 17.4. The molecule has 1 saturated heterocycles. The van der Waals surface area contributed by atoms with Crippen molar-refractivity contribution < 1.29 is 26.4 Å². The summed E-state index contributed by atoms with van der Waals surface area (Å²) in [6.45, 7) is -0.833. The molecule has 0 spiro atoms. The van der Waals surface area contributed by atoms with E-state index in [4.69, 9.17) is 11.6 Å². The van der Waals surface area contributed by atoms with Gasteiger partial charge in [-0.1, -0.05) is 17.7 Å². The molecule has 0 saturated carbocycles. The predicted octanol–water partition coefficient (Wildman–Crippen LogP) is 1.96. The molecule has 2 rings (SSSR count). The molecule has 25 heavy (non-hydrogen) atoms. The highest BCUT2D eigenvalue weighted by Gasteiger charge is 2.34. The number of pyridine rings is 1. The third-order valence-corrected chi connectivity index (χ3v) is 5.21. The van der Waals surface area contributed by atoms with Gasteiger partial charge >= 0.3 is 6.18 Å². The van der Waals surface area contributed by atoms with Crippen molar-refractivity contribution in [3.05, 3.63) is 29.0 Å². The van der Waals surface area contributed by atoms with Crippen molar-refractivity contribution in [2.45, 2.75) is 24.8 Å². The van der Waals surface area contributed by atoms with Crippen molar-refractivity contribution in [3.8, 4) is 0 Å². The van der Waals surface area contributed by atoms with Crippen molar-refractivity contribution in [1.82, 2.24) is 14.6 Å². The first-order valence-corrected chi connectivity index (χ1v) is 9.51. The van der Waals surface area contributed by atoms with E-state index in [0.29, 0.717) is 5.56 Å². The Morgan fingerprint density at radius 2 is 1.96 bits per heavy atom. The molecule has 1 amide bonds. The number of alkyl halides is 3. The third-order valence-electron chi connectivity index (χ3n) is 3.76. The highest BCUT2D eigenvalue weighted by Crippen LogP contribution is 2.23. The number of nitrogens with zero attached hydrogens (tertiary/aromatic N) is 2. The van der Waals surface area contributed by atoms with Gasteiger partial charge in [0.1, 0.15) is 5.15 Å². The number of aromatic nitrogens is 1.